The average molecular weight is 97.1 g/mol. The first kappa shape index (κ1) is 4.54. The number of isocyanates is 1. The molecule has 0 aromatic heterocycles. The van der Waals surface area contributed by atoms with E-state index >= 15 is 0 Å². The Balaban J connectivity index is 2.55. The van der Waals surface area contributed by atoms with E-state index in [9.17, 15) is 4.79 Å². The van der Waals surface area contributed by atoms with E-state index in [0.29, 0.717) is 0 Å². The first-order chi connectivity index (χ1) is 3.27. The van der Waals surface area contributed by atoms with Crippen LogP contribution in [0.2, 0.25) is 0 Å². The van der Waals surface area contributed by atoms with Gasteiger partial charge in [-0.3, -0.25) is 0 Å². The lowest BCUT2D eigenvalue weighted by molar-refractivity contribution is 0.557. The third-order valence-corrected chi connectivity index (χ3v) is 1.29. The molecule has 1 fully saturated rings. The van der Waals surface area contributed by atoms with E-state index in [2.05, 4.69) is 4.99 Å². The lowest BCUT2D eigenvalue weighted by Gasteiger charge is -1.88. The van der Waals surface area contributed by atoms with E-state index in [4.69, 9.17) is 0 Å². The van der Waals surface area contributed by atoms with Gasteiger partial charge in [0.05, 0.1) is 5.54 Å². The highest BCUT2D eigenvalue weighted by Crippen LogP contribution is 2.38. The van der Waals surface area contributed by atoms with Crippen molar-refractivity contribution in [2.45, 2.75) is 25.3 Å². The SMILES string of the molecule is CC1(N=C=O)CC1. The molecule has 0 aliphatic heterocycles. The summed E-state index contributed by atoms with van der Waals surface area (Å²) < 4.78 is 0. The minimum Gasteiger partial charge on any atom is -0.211 e. The molecule has 0 amide bonds. The van der Waals surface area contributed by atoms with Crippen LogP contribution in [0.5, 0.6) is 0 Å². The van der Waals surface area contributed by atoms with Gasteiger partial charge < -0.3 is 0 Å². The zero-order valence-corrected chi connectivity index (χ0v) is 4.27. The third kappa shape index (κ3) is 0.875. The molecular weight excluding hydrogens is 90.1 g/mol. The number of carbonyl (C=O) groups excluding carboxylic acids is 1. The Hall–Kier alpha value is -0.620. The van der Waals surface area contributed by atoms with Crippen LogP contribution in [0, 0.1) is 0 Å². The molecule has 7 heavy (non-hydrogen) atoms. The summed E-state index contributed by atoms with van der Waals surface area (Å²) in [5.74, 6) is 0. The van der Waals surface area contributed by atoms with Gasteiger partial charge in [-0.2, -0.15) is 4.99 Å². The molecule has 2 nitrogen and oxygen atoms in total. The number of nitrogens with zero attached hydrogens (tertiary/aromatic N) is 1. The molecular formula is C5H7NO. The van der Waals surface area contributed by atoms with Crippen molar-refractivity contribution in [3.63, 3.8) is 0 Å². The van der Waals surface area contributed by atoms with Crippen LogP contribution in [0.4, 0.5) is 0 Å². The molecule has 1 rings (SSSR count). The van der Waals surface area contributed by atoms with Crippen molar-refractivity contribution < 1.29 is 4.79 Å². The molecule has 0 atom stereocenters. The molecule has 2 heteroatoms. The molecule has 1 saturated carbocycles. The summed E-state index contributed by atoms with van der Waals surface area (Å²) in [6.45, 7) is 1.96. The molecule has 0 aromatic rings. The van der Waals surface area contributed by atoms with Gasteiger partial charge in [0.1, 0.15) is 0 Å². The Morgan fingerprint density at radius 3 is 2.43 bits per heavy atom. The average Bonchev–Trinajstić information content (AvgIpc) is 2.22. The molecule has 0 bridgehead atoms. The second kappa shape index (κ2) is 1.17. The van der Waals surface area contributed by atoms with Gasteiger partial charge in [0.25, 0.3) is 0 Å². The normalized spacial score (nSPS) is 23.0. The molecule has 38 valence electrons. The summed E-state index contributed by atoms with van der Waals surface area (Å²) in [7, 11) is 0. The van der Waals surface area contributed by atoms with Crippen molar-refractivity contribution in [3.8, 4) is 0 Å². The monoisotopic (exact) mass is 97.1 g/mol. The fourth-order valence-corrected chi connectivity index (χ4v) is 0.403. The van der Waals surface area contributed by atoms with Crippen LogP contribution >= 0.6 is 0 Å². The number of aliphatic imine (C=N–C) groups is 1. The van der Waals surface area contributed by atoms with Gasteiger partial charge in [-0.15, -0.1) is 0 Å². The Labute approximate surface area is 42.3 Å². The summed E-state index contributed by atoms with van der Waals surface area (Å²) >= 11 is 0. The molecule has 0 heterocycles. The summed E-state index contributed by atoms with van der Waals surface area (Å²) in [4.78, 5) is 13.1. The third-order valence-electron chi connectivity index (χ3n) is 1.29. The maximum absolute atomic E-state index is 9.57. The fourth-order valence-electron chi connectivity index (χ4n) is 0.403. The molecule has 1 aliphatic rings. The molecule has 0 N–H and O–H groups in total. The van der Waals surface area contributed by atoms with Gasteiger partial charge in [-0.1, -0.05) is 0 Å². The van der Waals surface area contributed by atoms with Gasteiger partial charge in [0.2, 0.25) is 6.08 Å². The molecule has 0 spiro atoms. The fraction of sp³-hybridized carbons (Fsp3) is 0.800. The maximum Gasteiger partial charge on any atom is 0.235 e. The Morgan fingerprint density at radius 2 is 2.29 bits per heavy atom. The quantitative estimate of drug-likeness (QED) is 0.352. The van der Waals surface area contributed by atoms with E-state index < -0.39 is 0 Å². The van der Waals surface area contributed by atoms with E-state index in [0.717, 1.165) is 12.8 Å². The van der Waals surface area contributed by atoms with E-state index in [1.165, 1.54) is 0 Å². The topological polar surface area (TPSA) is 29.4 Å². The molecule has 0 saturated heterocycles. The van der Waals surface area contributed by atoms with Crippen molar-refractivity contribution in [2.24, 2.45) is 4.99 Å². The highest BCUT2D eigenvalue weighted by atomic mass is 16.1. The second-order valence-corrected chi connectivity index (χ2v) is 2.20. The summed E-state index contributed by atoms with van der Waals surface area (Å²) in [6.07, 6.45) is 3.66. The second-order valence-electron chi connectivity index (χ2n) is 2.20. The van der Waals surface area contributed by atoms with Crippen molar-refractivity contribution >= 4 is 6.08 Å². The molecule has 0 radical (unpaired) electrons. The van der Waals surface area contributed by atoms with Crippen LogP contribution in [0.15, 0.2) is 4.99 Å². The van der Waals surface area contributed by atoms with E-state index in [-0.39, 0.29) is 5.54 Å². The predicted octanol–water partition coefficient (Wildman–Crippen LogP) is 0.875. The van der Waals surface area contributed by atoms with Crippen LogP contribution in [0.25, 0.3) is 0 Å². The largest absolute Gasteiger partial charge is 0.235 e. The van der Waals surface area contributed by atoms with Crippen LogP contribution in [0.1, 0.15) is 19.8 Å². The summed E-state index contributed by atoms with van der Waals surface area (Å²) in [6, 6.07) is 0. The van der Waals surface area contributed by atoms with Gasteiger partial charge in [-0.05, 0) is 19.8 Å². The Morgan fingerprint density at radius 1 is 1.71 bits per heavy atom. The smallest absolute Gasteiger partial charge is 0.211 e. The first-order valence-electron chi connectivity index (χ1n) is 2.36. The van der Waals surface area contributed by atoms with Crippen molar-refractivity contribution in [1.29, 1.82) is 0 Å². The summed E-state index contributed by atoms with van der Waals surface area (Å²) in [5, 5.41) is 0. The zero-order valence-electron chi connectivity index (χ0n) is 4.27. The van der Waals surface area contributed by atoms with Crippen LogP contribution in [-0.2, 0) is 4.79 Å². The standard InChI is InChI=1S/C5H7NO/c1-5(2-3-5)6-4-7/h2-3H2,1H3. The maximum atomic E-state index is 9.57. The minimum absolute atomic E-state index is 0.00174. The summed E-state index contributed by atoms with van der Waals surface area (Å²) in [5.41, 5.74) is 0.00174. The molecule has 0 unspecified atom stereocenters. The lowest BCUT2D eigenvalue weighted by Crippen LogP contribution is -1.92. The van der Waals surface area contributed by atoms with Crippen molar-refractivity contribution in [1.82, 2.24) is 0 Å². The Kier molecular flexibility index (Phi) is 0.760. The zero-order chi connectivity index (χ0) is 5.33. The van der Waals surface area contributed by atoms with E-state index in [1.807, 2.05) is 6.92 Å². The van der Waals surface area contributed by atoms with Crippen LogP contribution in [-0.4, -0.2) is 11.6 Å². The lowest BCUT2D eigenvalue weighted by atomic mass is 10.4. The van der Waals surface area contributed by atoms with Gasteiger partial charge >= 0.3 is 0 Å². The van der Waals surface area contributed by atoms with Crippen molar-refractivity contribution in [2.75, 3.05) is 0 Å². The highest BCUT2D eigenvalue weighted by molar-refractivity contribution is 5.36. The highest BCUT2D eigenvalue weighted by Gasteiger charge is 2.36. The minimum atomic E-state index is 0.00174. The molecule has 0 aromatic carbocycles. The molecule has 1 aliphatic carbocycles. The van der Waals surface area contributed by atoms with Crippen LogP contribution in [0.3, 0.4) is 0 Å². The predicted molar refractivity (Wildman–Crippen MR) is 25.8 cm³/mol. The van der Waals surface area contributed by atoms with Gasteiger partial charge in [0.15, 0.2) is 0 Å². The number of hydrogen-bond donors (Lipinski definition) is 0. The van der Waals surface area contributed by atoms with E-state index in [1.54, 1.807) is 6.08 Å². The first-order valence-corrected chi connectivity index (χ1v) is 2.36. The number of rotatable bonds is 1. The van der Waals surface area contributed by atoms with Gasteiger partial charge in [-0.25, -0.2) is 4.79 Å². The van der Waals surface area contributed by atoms with Gasteiger partial charge in [0, 0.05) is 0 Å². The van der Waals surface area contributed by atoms with Crippen molar-refractivity contribution in [3.05, 3.63) is 0 Å². The number of hydrogen-bond acceptors (Lipinski definition) is 2. The van der Waals surface area contributed by atoms with Crippen LogP contribution < -0.4 is 0 Å². The Bertz CT molecular complexity index is 120.